The Hall–Kier alpha value is -4.81. The van der Waals surface area contributed by atoms with Gasteiger partial charge in [0.2, 0.25) is 0 Å². The van der Waals surface area contributed by atoms with Crippen LogP contribution < -0.4 is 4.40 Å². The van der Waals surface area contributed by atoms with Crippen molar-refractivity contribution in [3.63, 3.8) is 0 Å². The predicted molar refractivity (Wildman–Crippen MR) is 232 cm³/mol. The van der Waals surface area contributed by atoms with Gasteiger partial charge in [-0.15, -0.1) is 18.2 Å². The molecule has 0 fully saturated rings. The summed E-state index contributed by atoms with van der Waals surface area (Å²) in [6, 6.07) is 42.5. The van der Waals surface area contributed by atoms with Crippen molar-refractivity contribution in [2.24, 2.45) is 5.41 Å². The van der Waals surface area contributed by atoms with E-state index in [1.165, 1.54) is 12.3 Å². The number of aromatic nitrogens is 2. The Morgan fingerprint density at radius 1 is 0.661 bits per heavy atom. The van der Waals surface area contributed by atoms with E-state index in [0.29, 0.717) is 33.7 Å². The first-order valence-electron chi connectivity index (χ1n) is 21.9. The molecule has 0 atom stereocenters. The van der Waals surface area contributed by atoms with Crippen LogP contribution >= 0.6 is 0 Å². The summed E-state index contributed by atoms with van der Waals surface area (Å²) in [6.45, 7) is 2.78. The van der Waals surface area contributed by atoms with Crippen LogP contribution in [0.4, 0.5) is 0 Å². The molecule has 4 nitrogen and oxygen atoms in total. The summed E-state index contributed by atoms with van der Waals surface area (Å²) in [5.41, 5.74) is 5.89. The number of hydrogen-bond donors (Lipinski definition) is 0. The molecule has 9 aromatic rings. The van der Waals surface area contributed by atoms with Gasteiger partial charge < -0.3 is 9.40 Å². The van der Waals surface area contributed by atoms with Crippen LogP contribution in [0.3, 0.4) is 0 Å². The Bertz CT molecular complexity index is 3110. The average molecular weight is 979 g/mol. The number of nitrogens with zero attached hydrogens (tertiary/aromatic N) is 2. The Morgan fingerprint density at radius 2 is 1.18 bits per heavy atom. The van der Waals surface area contributed by atoms with E-state index < -0.39 is 38.3 Å². The molecule has 6 heteroatoms. The van der Waals surface area contributed by atoms with Crippen LogP contribution in [-0.4, -0.2) is 23.2 Å². The fraction of sp³-hybridized carbons (Fsp3) is 0.200. The zero-order chi connectivity index (χ0) is 44.4. The minimum absolute atomic E-state index is 0. The summed E-state index contributed by atoms with van der Waals surface area (Å²) in [4.78, 5) is 9.17. The summed E-state index contributed by atoms with van der Waals surface area (Å²) >= 11 is -2.42. The van der Waals surface area contributed by atoms with Crippen LogP contribution in [0.2, 0.25) is 17.3 Å². The largest absolute Gasteiger partial charge is 0 e. The second-order valence-corrected chi connectivity index (χ2v) is 26.3. The molecule has 0 bridgehead atoms. The minimum Gasteiger partial charge on any atom is 0 e. The molecule has 283 valence electrons. The first-order chi connectivity index (χ1) is 29.2. The maximum atomic E-state index is 9.07. The van der Waals surface area contributed by atoms with Gasteiger partial charge in [-0.05, 0) is 36.0 Å². The van der Waals surface area contributed by atoms with Crippen LogP contribution in [0.5, 0.6) is 0 Å². The standard InChI is InChI=1S/C27H24GeNO.C23H22NO.Ir/c1-28(2,3)24-18-29-25(17-20(24)16-19-10-5-4-6-11-19)23-14-9-13-22-21-12-7-8-15-26(21)30-27(22)23;1-15-14-24-20(12-16(15)13-23(2,3)4)19-10-7-9-18-17-8-5-6-11-21(17)25-22(18)19;/h4-13,15,17-18H,16H2,1-3H3;5-9,11-12,14H,13H2,1-4H3;/q2*-1;/i16D2;1D3,13D2;. The molecule has 5 aromatic carbocycles. The molecule has 9 rings (SSSR count). The molecule has 1 radical (unpaired) electrons. The van der Waals surface area contributed by atoms with Crippen molar-refractivity contribution in [2.45, 2.75) is 57.6 Å². The quantitative estimate of drug-likeness (QED) is 0.123. The Morgan fingerprint density at radius 3 is 1.71 bits per heavy atom. The third-order valence-corrected chi connectivity index (χ3v) is 13.6. The molecule has 0 amide bonds. The zero-order valence-corrected chi connectivity index (χ0v) is 36.7. The molecular formula is C50H46GeIrN2O2-2. The van der Waals surface area contributed by atoms with Crippen molar-refractivity contribution in [2.75, 3.05) is 0 Å². The normalized spacial score (nSPS) is 14.4. The number of benzene rings is 5. The fourth-order valence-electron chi connectivity index (χ4n) is 6.83. The molecule has 0 spiro atoms. The van der Waals surface area contributed by atoms with E-state index in [0.717, 1.165) is 48.3 Å². The van der Waals surface area contributed by atoms with E-state index in [1.807, 2.05) is 109 Å². The van der Waals surface area contributed by atoms with Crippen molar-refractivity contribution in [3.8, 4) is 22.5 Å². The molecule has 4 heterocycles. The van der Waals surface area contributed by atoms with Crippen molar-refractivity contribution >= 4 is 61.5 Å². The van der Waals surface area contributed by atoms with Gasteiger partial charge in [-0.25, -0.2) is 0 Å². The number of rotatable bonds is 6. The summed E-state index contributed by atoms with van der Waals surface area (Å²) in [7, 11) is 0. The molecule has 0 aliphatic rings. The maximum Gasteiger partial charge on any atom is 0 e. The van der Waals surface area contributed by atoms with Crippen LogP contribution in [0.1, 0.15) is 52.6 Å². The van der Waals surface area contributed by atoms with Gasteiger partial charge in [0.25, 0.3) is 0 Å². The first kappa shape index (κ1) is 31.3. The van der Waals surface area contributed by atoms with Crippen LogP contribution in [0.25, 0.3) is 66.4 Å². The summed E-state index contributed by atoms with van der Waals surface area (Å²) in [5.74, 6) is 6.81. The van der Waals surface area contributed by atoms with Gasteiger partial charge in [0, 0.05) is 38.5 Å². The molecule has 56 heavy (non-hydrogen) atoms. The van der Waals surface area contributed by atoms with Gasteiger partial charge in [0.15, 0.2) is 0 Å². The second-order valence-electron chi connectivity index (χ2n) is 15.7. The number of furan rings is 2. The fourth-order valence-corrected chi connectivity index (χ4v) is 9.76. The molecular weight excluding hydrogens is 925 g/mol. The van der Waals surface area contributed by atoms with Gasteiger partial charge in [-0.1, -0.05) is 61.5 Å². The van der Waals surface area contributed by atoms with E-state index in [1.54, 1.807) is 26.8 Å². The minimum atomic E-state index is -2.48. The van der Waals surface area contributed by atoms with Gasteiger partial charge in [-0.3, -0.25) is 0 Å². The van der Waals surface area contributed by atoms with E-state index in [9.17, 15) is 0 Å². The summed E-state index contributed by atoms with van der Waals surface area (Å²) in [6.07, 6.45) is -0.373. The molecule has 0 N–H and O–H groups in total. The Labute approximate surface area is 355 Å². The van der Waals surface area contributed by atoms with E-state index in [-0.39, 0.29) is 31.2 Å². The van der Waals surface area contributed by atoms with Crippen LogP contribution in [0.15, 0.2) is 136 Å². The van der Waals surface area contributed by atoms with Gasteiger partial charge >= 0.3 is 183 Å². The number of aryl methyl sites for hydroxylation is 1. The van der Waals surface area contributed by atoms with Gasteiger partial charge in [-0.2, -0.15) is 0 Å². The van der Waals surface area contributed by atoms with Crippen molar-refractivity contribution in [1.29, 1.82) is 0 Å². The number of pyridine rings is 2. The van der Waals surface area contributed by atoms with E-state index >= 15 is 0 Å². The molecule has 4 aromatic heterocycles. The summed E-state index contributed by atoms with van der Waals surface area (Å²) < 4.78 is 72.5. The monoisotopic (exact) mass is 980 g/mol. The van der Waals surface area contributed by atoms with Crippen molar-refractivity contribution < 1.29 is 38.5 Å². The van der Waals surface area contributed by atoms with Crippen molar-refractivity contribution in [1.82, 2.24) is 9.97 Å². The van der Waals surface area contributed by atoms with Crippen LogP contribution in [-0.2, 0) is 32.9 Å². The third-order valence-electron chi connectivity index (χ3n) is 9.37. The smallest absolute Gasteiger partial charge is 0 e. The van der Waals surface area contributed by atoms with E-state index in [4.69, 9.17) is 23.4 Å². The second kappa shape index (κ2) is 16.0. The third kappa shape index (κ3) is 8.18. The maximum absolute atomic E-state index is 9.07. The molecule has 0 aliphatic carbocycles. The SMILES string of the molecule is [2H]C([2H])([2H])c1cnc(-c2[c-]ccc3c2oc2ccccc23)cc1C([2H])([2H])C(C)(C)C.[2H]C([2H])(c1ccccc1)c1cc(-c2[c-]ccc3c2oc2ccccc23)nc[c]1[Ge]([CH3])([CH3])[CH3].[Ir]. The Balaban J connectivity index is 0.000000186. The van der Waals surface area contributed by atoms with Gasteiger partial charge in [0.05, 0.1) is 5.58 Å². The van der Waals surface area contributed by atoms with Crippen molar-refractivity contribution in [3.05, 3.63) is 162 Å². The van der Waals surface area contributed by atoms with Gasteiger partial charge in [0.1, 0.15) is 5.58 Å². The number of fused-ring (bicyclic) bond motifs is 6. The van der Waals surface area contributed by atoms with E-state index in [2.05, 4.69) is 34.4 Å². The number of para-hydroxylation sites is 2. The Kier molecular flexibility index (Phi) is 8.93. The molecule has 0 saturated carbocycles. The molecule has 0 saturated heterocycles. The van der Waals surface area contributed by atoms with Crippen LogP contribution in [0, 0.1) is 24.4 Å². The summed E-state index contributed by atoms with van der Waals surface area (Å²) in [5, 5.41) is 3.94. The average Bonchev–Trinajstić information content (AvgIpc) is 3.82. The topological polar surface area (TPSA) is 52.1 Å². The predicted octanol–water partition coefficient (Wildman–Crippen LogP) is 12.9. The molecule has 0 aliphatic heterocycles. The number of hydrogen-bond acceptors (Lipinski definition) is 4. The first-order valence-corrected chi connectivity index (χ1v) is 25.7. The molecule has 0 unspecified atom stereocenters. The zero-order valence-electron chi connectivity index (χ0n) is 39.2.